The van der Waals surface area contributed by atoms with Gasteiger partial charge in [-0.2, -0.15) is 0 Å². The summed E-state index contributed by atoms with van der Waals surface area (Å²) in [6.45, 7) is 8.19. The molecule has 0 saturated carbocycles. The molecule has 0 bridgehead atoms. The van der Waals surface area contributed by atoms with Crippen LogP contribution in [0, 0.1) is 0 Å². The molecule has 0 unspecified atom stereocenters. The van der Waals surface area contributed by atoms with Crippen LogP contribution in [0.2, 0.25) is 0 Å². The molecule has 21 heavy (non-hydrogen) atoms. The molecule has 1 rings (SSSR count). The molecule has 0 radical (unpaired) electrons. The Kier molecular flexibility index (Phi) is 8.05. The van der Waals surface area contributed by atoms with E-state index in [4.69, 9.17) is 10.5 Å². The second-order valence-electron chi connectivity index (χ2n) is 4.65. The lowest BCUT2D eigenvalue weighted by molar-refractivity contribution is -0.130. The third kappa shape index (κ3) is 5.87. The van der Waals surface area contributed by atoms with E-state index in [-0.39, 0.29) is 5.91 Å². The summed E-state index contributed by atoms with van der Waals surface area (Å²) in [6.07, 6.45) is 1.46. The summed E-state index contributed by atoms with van der Waals surface area (Å²) < 4.78 is 5.48. The minimum absolute atomic E-state index is 0.233. The lowest BCUT2D eigenvalue weighted by atomic mass is 10.3. The van der Waals surface area contributed by atoms with E-state index in [2.05, 4.69) is 0 Å². The molecule has 0 atom stereocenters. The number of hydrogen-bond donors (Lipinski definition) is 1. The van der Waals surface area contributed by atoms with Gasteiger partial charge in [-0.25, -0.2) is 0 Å². The molecule has 1 aromatic rings. The van der Waals surface area contributed by atoms with E-state index in [1.54, 1.807) is 11.8 Å². The molecular weight excluding hydrogens is 284 g/mol. The van der Waals surface area contributed by atoms with Crippen LogP contribution in [0.4, 0.5) is 5.69 Å². The highest BCUT2D eigenvalue weighted by atomic mass is 32.2. The molecule has 4 nitrogen and oxygen atoms in total. The number of anilines is 1. The minimum Gasteiger partial charge on any atom is -0.494 e. The van der Waals surface area contributed by atoms with Gasteiger partial charge in [0.25, 0.3) is 0 Å². The van der Waals surface area contributed by atoms with Crippen LogP contribution in [0.15, 0.2) is 23.1 Å². The Bertz CT molecular complexity index is 448. The maximum absolute atomic E-state index is 11.9. The first-order valence-corrected chi connectivity index (χ1v) is 8.53. The molecule has 0 aliphatic rings. The van der Waals surface area contributed by atoms with Gasteiger partial charge in [0.15, 0.2) is 0 Å². The Morgan fingerprint density at radius 2 is 2.00 bits per heavy atom. The Morgan fingerprint density at radius 1 is 1.29 bits per heavy atom. The van der Waals surface area contributed by atoms with Crippen LogP contribution < -0.4 is 10.5 Å². The molecule has 0 spiro atoms. The lowest BCUT2D eigenvalue weighted by Crippen LogP contribution is -2.30. The molecule has 1 amide bonds. The highest BCUT2D eigenvalue weighted by molar-refractivity contribution is 7.99. The van der Waals surface area contributed by atoms with Crippen molar-refractivity contribution >= 4 is 23.4 Å². The van der Waals surface area contributed by atoms with Crippen molar-refractivity contribution in [3.63, 3.8) is 0 Å². The number of nitrogen functional groups attached to an aromatic ring is 1. The second kappa shape index (κ2) is 9.55. The van der Waals surface area contributed by atoms with Gasteiger partial charge in [0.2, 0.25) is 5.91 Å². The zero-order chi connectivity index (χ0) is 15.7. The van der Waals surface area contributed by atoms with E-state index in [1.165, 1.54) is 0 Å². The van der Waals surface area contributed by atoms with Crippen LogP contribution in [-0.4, -0.2) is 36.3 Å². The molecule has 0 heterocycles. The fourth-order valence-corrected chi connectivity index (χ4v) is 2.98. The molecule has 0 aromatic heterocycles. The average Bonchev–Trinajstić information content (AvgIpc) is 2.48. The van der Waals surface area contributed by atoms with Crippen LogP contribution >= 0.6 is 11.8 Å². The van der Waals surface area contributed by atoms with Crippen LogP contribution in [0.3, 0.4) is 0 Å². The number of amides is 1. The van der Waals surface area contributed by atoms with E-state index < -0.39 is 0 Å². The van der Waals surface area contributed by atoms with Gasteiger partial charge >= 0.3 is 0 Å². The number of carbonyl (C=O) groups is 1. The molecule has 0 fully saturated rings. The van der Waals surface area contributed by atoms with Gasteiger partial charge in [-0.15, -0.1) is 11.8 Å². The van der Waals surface area contributed by atoms with E-state index in [9.17, 15) is 4.79 Å². The number of ether oxygens (including phenoxy) is 1. The van der Waals surface area contributed by atoms with Crippen LogP contribution in [-0.2, 0) is 4.79 Å². The Morgan fingerprint density at radius 3 is 2.62 bits per heavy atom. The summed E-state index contributed by atoms with van der Waals surface area (Å²) in [5.74, 6) is 1.96. The summed E-state index contributed by atoms with van der Waals surface area (Å²) in [5.41, 5.74) is 6.73. The van der Waals surface area contributed by atoms with Gasteiger partial charge in [0.1, 0.15) is 5.75 Å². The summed E-state index contributed by atoms with van der Waals surface area (Å²) in [4.78, 5) is 14.8. The van der Waals surface area contributed by atoms with Crippen molar-refractivity contribution in [2.45, 2.75) is 38.5 Å². The van der Waals surface area contributed by atoms with Crippen molar-refractivity contribution < 1.29 is 9.53 Å². The highest BCUT2D eigenvalue weighted by Crippen LogP contribution is 2.29. The first-order valence-electron chi connectivity index (χ1n) is 7.55. The molecule has 0 aliphatic heterocycles. The molecule has 2 N–H and O–H groups in total. The standard InChI is InChI=1S/C16H26N2O2S/c1-4-18(5-2)16(19)8-7-11-21-15-12-13(20-6-3)9-10-14(15)17/h9-10,12H,4-8,11,17H2,1-3H3. The van der Waals surface area contributed by atoms with Crippen molar-refractivity contribution in [1.29, 1.82) is 0 Å². The molecule has 1 aromatic carbocycles. The predicted molar refractivity (Wildman–Crippen MR) is 89.9 cm³/mol. The maximum atomic E-state index is 11.9. The van der Waals surface area contributed by atoms with Crippen LogP contribution in [0.1, 0.15) is 33.6 Å². The summed E-state index contributed by atoms with van der Waals surface area (Å²) >= 11 is 1.68. The number of thioether (sulfide) groups is 1. The monoisotopic (exact) mass is 310 g/mol. The zero-order valence-corrected chi connectivity index (χ0v) is 14.0. The smallest absolute Gasteiger partial charge is 0.222 e. The van der Waals surface area contributed by atoms with Crippen molar-refractivity contribution in [3.05, 3.63) is 18.2 Å². The Labute approximate surface area is 132 Å². The zero-order valence-electron chi connectivity index (χ0n) is 13.2. The van der Waals surface area contributed by atoms with E-state index in [1.807, 2.05) is 43.9 Å². The molecule has 0 aliphatic carbocycles. The molecule has 118 valence electrons. The van der Waals surface area contributed by atoms with Crippen LogP contribution in [0.25, 0.3) is 0 Å². The third-order valence-electron chi connectivity index (χ3n) is 3.20. The van der Waals surface area contributed by atoms with Gasteiger partial charge in [-0.05, 0) is 51.1 Å². The fourth-order valence-electron chi connectivity index (χ4n) is 2.04. The SMILES string of the molecule is CCOc1ccc(N)c(SCCCC(=O)N(CC)CC)c1. The summed E-state index contributed by atoms with van der Waals surface area (Å²) in [6, 6.07) is 5.72. The van der Waals surface area contributed by atoms with Gasteiger partial charge in [-0.1, -0.05) is 0 Å². The fraction of sp³-hybridized carbons (Fsp3) is 0.562. The van der Waals surface area contributed by atoms with Gasteiger partial charge < -0.3 is 15.4 Å². The summed E-state index contributed by atoms with van der Waals surface area (Å²) in [5, 5.41) is 0. The number of nitrogens with two attached hydrogens (primary N) is 1. The predicted octanol–water partition coefficient (Wildman–Crippen LogP) is 3.41. The Hall–Kier alpha value is -1.36. The van der Waals surface area contributed by atoms with Gasteiger partial charge in [-0.3, -0.25) is 4.79 Å². The molecule has 0 saturated heterocycles. The van der Waals surface area contributed by atoms with E-state index >= 15 is 0 Å². The first kappa shape index (κ1) is 17.7. The second-order valence-corrected chi connectivity index (χ2v) is 5.79. The van der Waals surface area contributed by atoms with E-state index in [0.717, 1.165) is 41.6 Å². The first-order chi connectivity index (χ1) is 10.1. The van der Waals surface area contributed by atoms with Crippen molar-refractivity contribution in [2.24, 2.45) is 0 Å². The number of rotatable bonds is 9. The Balaban J connectivity index is 2.42. The van der Waals surface area contributed by atoms with Gasteiger partial charge in [0, 0.05) is 30.1 Å². The average molecular weight is 310 g/mol. The quantitative estimate of drug-likeness (QED) is 0.431. The molecular formula is C16H26N2O2S. The number of carbonyl (C=O) groups excluding carboxylic acids is 1. The maximum Gasteiger partial charge on any atom is 0.222 e. The number of benzene rings is 1. The minimum atomic E-state index is 0.233. The van der Waals surface area contributed by atoms with Crippen molar-refractivity contribution in [2.75, 3.05) is 31.2 Å². The number of hydrogen-bond acceptors (Lipinski definition) is 4. The lowest BCUT2D eigenvalue weighted by Gasteiger charge is -2.18. The third-order valence-corrected chi connectivity index (χ3v) is 4.36. The van der Waals surface area contributed by atoms with Crippen LogP contribution in [0.5, 0.6) is 5.75 Å². The highest BCUT2D eigenvalue weighted by Gasteiger charge is 2.09. The number of nitrogens with zero attached hydrogens (tertiary/aromatic N) is 1. The topological polar surface area (TPSA) is 55.6 Å². The van der Waals surface area contributed by atoms with Gasteiger partial charge in [0.05, 0.1) is 6.61 Å². The molecule has 5 heteroatoms. The summed E-state index contributed by atoms with van der Waals surface area (Å²) in [7, 11) is 0. The van der Waals surface area contributed by atoms with Crippen molar-refractivity contribution in [1.82, 2.24) is 4.90 Å². The van der Waals surface area contributed by atoms with Crippen molar-refractivity contribution in [3.8, 4) is 5.75 Å². The van der Waals surface area contributed by atoms with E-state index in [0.29, 0.717) is 13.0 Å². The largest absolute Gasteiger partial charge is 0.494 e. The normalized spacial score (nSPS) is 10.4.